The molecule has 0 unspecified atom stereocenters. The number of para-hydroxylation sites is 1. The number of fused-ring (bicyclic) bond motifs is 1. The van der Waals surface area contributed by atoms with E-state index in [1.54, 1.807) is 24.3 Å². The Balaban J connectivity index is 2.20. The molecule has 3 rings (SSSR count). The fraction of sp³-hybridized carbons (Fsp3) is 0. The van der Waals surface area contributed by atoms with Gasteiger partial charge >= 0.3 is 0 Å². The normalized spacial score (nSPS) is 13.3. The van der Waals surface area contributed by atoms with E-state index in [4.69, 9.17) is 15.3 Å². The highest BCUT2D eigenvalue weighted by Crippen LogP contribution is 2.37. The van der Waals surface area contributed by atoms with Crippen LogP contribution in [0.25, 0.3) is 11.3 Å². The largest absolute Gasteiger partial charge is 0.456 e. The molecule has 116 valence electrons. The third-order valence-electron chi connectivity index (χ3n) is 3.68. The van der Waals surface area contributed by atoms with E-state index in [0.717, 1.165) is 11.1 Å². The monoisotopic (exact) mass is 321 g/mol. The maximum Gasteiger partial charge on any atom is 0.147 e. The first-order chi connectivity index (χ1) is 12.3. The van der Waals surface area contributed by atoms with Gasteiger partial charge in [-0.1, -0.05) is 48.5 Å². The number of benzene rings is 2. The molecule has 0 amide bonds. The summed E-state index contributed by atoms with van der Waals surface area (Å²) in [7, 11) is 0. The molecule has 0 N–H and O–H groups in total. The molecule has 2 aromatic carbocycles. The van der Waals surface area contributed by atoms with Crippen molar-refractivity contribution in [3.63, 3.8) is 0 Å². The van der Waals surface area contributed by atoms with Crippen molar-refractivity contribution in [3.8, 4) is 24.0 Å². The maximum atomic E-state index is 9.31. The van der Waals surface area contributed by atoms with Gasteiger partial charge < -0.3 is 4.74 Å². The van der Waals surface area contributed by atoms with Crippen LogP contribution in [0.4, 0.5) is 0 Å². The Bertz CT molecular complexity index is 1020. The molecule has 4 heteroatoms. The van der Waals surface area contributed by atoms with Crippen molar-refractivity contribution in [2.75, 3.05) is 0 Å². The summed E-state index contributed by atoms with van der Waals surface area (Å²) >= 11 is 0. The first kappa shape index (κ1) is 15.8. The Kier molecular flexibility index (Phi) is 4.43. The van der Waals surface area contributed by atoms with E-state index >= 15 is 0 Å². The minimum atomic E-state index is -0.214. The maximum absolute atomic E-state index is 9.31. The lowest BCUT2D eigenvalue weighted by molar-refractivity contribution is 0.509. The van der Waals surface area contributed by atoms with Crippen LogP contribution in [-0.2, 0) is 0 Å². The van der Waals surface area contributed by atoms with Crippen molar-refractivity contribution in [1.29, 1.82) is 15.8 Å². The standard InChI is InChI=1S/C21H11N3O/c22-12-17(18(13-23)14-24)10-16-11-21(15-6-2-1-3-7-15)25-20-9-5-4-8-19(16)20/h1-11H/b16-10+. The van der Waals surface area contributed by atoms with Gasteiger partial charge in [0, 0.05) is 11.1 Å². The average molecular weight is 321 g/mol. The molecule has 0 atom stereocenters. The summed E-state index contributed by atoms with van der Waals surface area (Å²) in [5.41, 5.74) is 2.21. The van der Waals surface area contributed by atoms with Crippen LogP contribution in [0.2, 0.25) is 0 Å². The van der Waals surface area contributed by atoms with E-state index in [1.165, 1.54) is 0 Å². The van der Waals surface area contributed by atoms with E-state index in [0.29, 0.717) is 17.1 Å². The van der Waals surface area contributed by atoms with Crippen molar-refractivity contribution in [1.82, 2.24) is 0 Å². The lowest BCUT2D eigenvalue weighted by atomic mass is 9.96. The van der Waals surface area contributed by atoms with Crippen LogP contribution in [0.15, 0.2) is 77.9 Å². The zero-order chi connectivity index (χ0) is 17.6. The molecule has 0 aliphatic carbocycles. The molecule has 0 bridgehead atoms. The van der Waals surface area contributed by atoms with Crippen molar-refractivity contribution < 1.29 is 4.74 Å². The van der Waals surface area contributed by atoms with Gasteiger partial charge in [-0.3, -0.25) is 0 Å². The molecule has 25 heavy (non-hydrogen) atoms. The highest BCUT2D eigenvalue weighted by molar-refractivity contribution is 5.89. The van der Waals surface area contributed by atoms with Gasteiger partial charge in [0.25, 0.3) is 0 Å². The molecule has 0 aromatic heterocycles. The molecule has 0 radical (unpaired) electrons. The first-order valence-corrected chi connectivity index (χ1v) is 7.47. The Labute approximate surface area is 145 Å². The average Bonchev–Trinajstić information content (AvgIpc) is 2.68. The van der Waals surface area contributed by atoms with Crippen LogP contribution < -0.4 is 4.74 Å². The van der Waals surface area contributed by atoms with Gasteiger partial charge in [-0.25, -0.2) is 0 Å². The number of rotatable bonds is 2. The van der Waals surface area contributed by atoms with E-state index in [1.807, 2.05) is 60.7 Å². The highest BCUT2D eigenvalue weighted by Gasteiger charge is 2.18. The predicted octanol–water partition coefficient (Wildman–Crippen LogP) is 4.37. The number of ether oxygens (including phenoxy) is 1. The summed E-state index contributed by atoms with van der Waals surface area (Å²) in [4.78, 5) is 0. The second-order valence-corrected chi connectivity index (χ2v) is 5.20. The van der Waals surface area contributed by atoms with Gasteiger partial charge in [0.2, 0.25) is 0 Å². The topological polar surface area (TPSA) is 80.6 Å². The molecule has 1 aliphatic rings. The fourth-order valence-corrected chi connectivity index (χ4v) is 2.49. The Morgan fingerprint density at radius 2 is 1.52 bits per heavy atom. The summed E-state index contributed by atoms with van der Waals surface area (Å²) in [6.45, 7) is 0. The summed E-state index contributed by atoms with van der Waals surface area (Å²) in [6.07, 6.45) is 3.35. The van der Waals surface area contributed by atoms with Crippen molar-refractivity contribution in [2.45, 2.75) is 0 Å². The van der Waals surface area contributed by atoms with Gasteiger partial charge in [0.15, 0.2) is 0 Å². The summed E-state index contributed by atoms with van der Waals surface area (Å²) in [5, 5.41) is 27.4. The van der Waals surface area contributed by atoms with E-state index < -0.39 is 0 Å². The summed E-state index contributed by atoms with van der Waals surface area (Å²) < 4.78 is 5.97. The Morgan fingerprint density at radius 1 is 0.840 bits per heavy atom. The number of nitriles is 3. The van der Waals surface area contributed by atoms with E-state index in [-0.39, 0.29) is 11.1 Å². The molecule has 0 spiro atoms. The summed E-state index contributed by atoms with van der Waals surface area (Å²) in [6, 6.07) is 22.5. The predicted molar refractivity (Wildman–Crippen MR) is 93.3 cm³/mol. The molecule has 1 heterocycles. The second-order valence-electron chi connectivity index (χ2n) is 5.20. The molecule has 0 saturated heterocycles. The Hall–Kier alpha value is -4.07. The fourth-order valence-electron chi connectivity index (χ4n) is 2.49. The second kappa shape index (κ2) is 7.01. The van der Waals surface area contributed by atoms with Gasteiger partial charge in [-0.05, 0) is 23.8 Å². The number of hydrogen-bond donors (Lipinski definition) is 0. The van der Waals surface area contributed by atoms with Crippen LogP contribution in [0.5, 0.6) is 5.75 Å². The SMILES string of the molecule is N#CC(C#N)=C(C#N)/C=C1\C=C(c2ccccc2)Oc2ccccc21. The molecule has 1 aliphatic heterocycles. The van der Waals surface area contributed by atoms with Crippen molar-refractivity contribution >= 4 is 11.3 Å². The summed E-state index contributed by atoms with van der Waals surface area (Å²) in [5.74, 6) is 1.29. The zero-order valence-corrected chi connectivity index (χ0v) is 13.1. The van der Waals surface area contributed by atoms with Crippen LogP contribution in [0.3, 0.4) is 0 Å². The van der Waals surface area contributed by atoms with Crippen LogP contribution >= 0.6 is 0 Å². The van der Waals surface area contributed by atoms with Gasteiger partial charge in [-0.2, -0.15) is 15.8 Å². The third kappa shape index (κ3) is 3.17. The molecule has 0 fully saturated rings. The van der Waals surface area contributed by atoms with Gasteiger partial charge in [0.1, 0.15) is 35.3 Å². The van der Waals surface area contributed by atoms with Crippen LogP contribution in [0.1, 0.15) is 11.1 Å². The number of nitrogens with zero attached hydrogens (tertiary/aromatic N) is 3. The zero-order valence-electron chi connectivity index (χ0n) is 13.1. The van der Waals surface area contributed by atoms with Gasteiger partial charge in [-0.15, -0.1) is 0 Å². The number of allylic oxidation sites excluding steroid dienone is 5. The van der Waals surface area contributed by atoms with Crippen molar-refractivity contribution in [3.05, 3.63) is 89.0 Å². The highest BCUT2D eigenvalue weighted by atomic mass is 16.5. The van der Waals surface area contributed by atoms with Crippen LogP contribution in [0, 0.1) is 34.0 Å². The van der Waals surface area contributed by atoms with E-state index in [2.05, 4.69) is 0 Å². The van der Waals surface area contributed by atoms with Crippen LogP contribution in [-0.4, -0.2) is 0 Å². The molecule has 2 aromatic rings. The lowest BCUT2D eigenvalue weighted by Crippen LogP contribution is -2.03. The first-order valence-electron chi connectivity index (χ1n) is 7.47. The quantitative estimate of drug-likeness (QED) is 0.769. The molecular formula is C21H11N3O. The van der Waals surface area contributed by atoms with E-state index in [9.17, 15) is 5.26 Å². The van der Waals surface area contributed by atoms with Crippen molar-refractivity contribution in [2.24, 2.45) is 0 Å². The number of hydrogen-bond acceptors (Lipinski definition) is 4. The lowest BCUT2D eigenvalue weighted by Gasteiger charge is -2.20. The smallest absolute Gasteiger partial charge is 0.147 e. The molecule has 0 saturated carbocycles. The molecular weight excluding hydrogens is 310 g/mol. The van der Waals surface area contributed by atoms with Gasteiger partial charge in [0.05, 0.1) is 5.57 Å². The molecule has 4 nitrogen and oxygen atoms in total. The minimum Gasteiger partial charge on any atom is -0.456 e. The minimum absolute atomic E-state index is 0.0281. The third-order valence-corrected chi connectivity index (χ3v) is 3.68. The Morgan fingerprint density at radius 3 is 2.20 bits per heavy atom.